The van der Waals surface area contributed by atoms with Crippen LogP contribution in [0.4, 0.5) is 0 Å². The number of ether oxygens (including phenoxy) is 2. The Morgan fingerprint density at radius 1 is 1.50 bits per heavy atom. The van der Waals surface area contributed by atoms with Crippen LogP contribution in [0.15, 0.2) is 10.5 Å². The van der Waals surface area contributed by atoms with Crippen LogP contribution in [0.5, 0.6) is 0 Å². The maximum absolute atomic E-state index is 5.62. The second-order valence-electron chi connectivity index (χ2n) is 2.43. The van der Waals surface area contributed by atoms with Crippen molar-refractivity contribution < 1.29 is 9.47 Å². The molecular formula is C7H6BBrO2S. The summed E-state index contributed by atoms with van der Waals surface area (Å²) in [7, 11) is 5.62. The van der Waals surface area contributed by atoms with E-state index in [9.17, 15) is 0 Å². The SMILES string of the molecule is [B]c1cc(Br)c(C2OCCO2)s1. The Kier molecular flexibility index (Phi) is 2.55. The Labute approximate surface area is 84.4 Å². The summed E-state index contributed by atoms with van der Waals surface area (Å²) >= 11 is 4.89. The van der Waals surface area contributed by atoms with Gasteiger partial charge >= 0.3 is 0 Å². The highest BCUT2D eigenvalue weighted by atomic mass is 79.9. The third-order valence-electron chi connectivity index (χ3n) is 1.57. The van der Waals surface area contributed by atoms with Gasteiger partial charge in [-0.25, -0.2) is 0 Å². The Bertz CT molecular complexity index is 283. The van der Waals surface area contributed by atoms with E-state index in [0.717, 1.165) is 14.1 Å². The molecule has 2 nitrogen and oxygen atoms in total. The summed E-state index contributed by atoms with van der Waals surface area (Å²) in [5, 5.41) is 0. The smallest absolute Gasteiger partial charge is 0.194 e. The molecule has 0 bridgehead atoms. The normalized spacial score (nSPS) is 18.8. The largest absolute Gasteiger partial charge is 0.345 e. The molecule has 5 heteroatoms. The van der Waals surface area contributed by atoms with Crippen LogP contribution in [-0.2, 0) is 9.47 Å². The highest BCUT2D eigenvalue weighted by molar-refractivity contribution is 9.10. The molecule has 0 saturated carbocycles. The number of hydrogen-bond donors (Lipinski definition) is 0. The molecule has 0 aliphatic carbocycles. The average Bonchev–Trinajstić information content (AvgIpc) is 2.58. The molecule has 0 N–H and O–H groups in total. The molecule has 0 spiro atoms. The standard InChI is InChI=1S/C7H6BBrO2S/c8-5-3-4(9)6(12-5)7-10-1-2-11-7/h3,7H,1-2H2. The Balaban J connectivity index is 2.25. The van der Waals surface area contributed by atoms with E-state index in [1.807, 2.05) is 6.07 Å². The van der Waals surface area contributed by atoms with E-state index >= 15 is 0 Å². The molecule has 0 unspecified atom stereocenters. The van der Waals surface area contributed by atoms with E-state index in [2.05, 4.69) is 15.9 Å². The summed E-state index contributed by atoms with van der Waals surface area (Å²) in [5.41, 5.74) is 0. The first-order chi connectivity index (χ1) is 5.77. The Morgan fingerprint density at radius 3 is 2.67 bits per heavy atom. The second-order valence-corrected chi connectivity index (χ2v) is 4.40. The van der Waals surface area contributed by atoms with Crippen molar-refractivity contribution in [2.24, 2.45) is 0 Å². The van der Waals surface area contributed by atoms with Gasteiger partial charge < -0.3 is 9.47 Å². The van der Waals surface area contributed by atoms with Gasteiger partial charge in [0.15, 0.2) is 6.29 Å². The molecule has 0 aromatic carbocycles. The molecule has 2 heterocycles. The molecule has 2 radical (unpaired) electrons. The molecule has 1 saturated heterocycles. The van der Waals surface area contributed by atoms with Crippen LogP contribution in [0.1, 0.15) is 11.2 Å². The van der Waals surface area contributed by atoms with Crippen molar-refractivity contribution in [3.05, 3.63) is 15.4 Å². The summed E-state index contributed by atoms with van der Waals surface area (Å²) < 4.78 is 12.4. The van der Waals surface area contributed by atoms with Crippen LogP contribution in [0.2, 0.25) is 0 Å². The zero-order valence-corrected chi connectivity index (χ0v) is 8.65. The molecule has 1 fully saturated rings. The molecule has 0 atom stereocenters. The first-order valence-electron chi connectivity index (χ1n) is 3.55. The van der Waals surface area contributed by atoms with Crippen LogP contribution < -0.4 is 4.78 Å². The quantitative estimate of drug-likeness (QED) is 0.695. The van der Waals surface area contributed by atoms with Crippen molar-refractivity contribution in [3.63, 3.8) is 0 Å². The molecule has 12 heavy (non-hydrogen) atoms. The molecule has 0 amide bonds. The van der Waals surface area contributed by atoms with E-state index in [1.165, 1.54) is 11.3 Å². The van der Waals surface area contributed by atoms with Crippen molar-refractivity contribution in [1.29, 1.82) is 0 Å². The van der Waals surface area contributed by atoms with Gasteiger partial charge in [0.2, 0.25) is 0 Å². The molecular weight excluding hydrogens is 239 g/mol. The molecule has 1 aliphatic rings. The van der Waals surface area contributed by atoms with Gasteiger partial charge in [0, 0.05) is 4.47 Å². The van der Waals surface area contributed by atoms with Crippen molar-refractivity contribution in [1.82, 2.24) is 0 Å². The lowest BCUT2D eigenvalue weighted by molar-refractivity contribution is -0.0418. The third kappa shape index (κ3) is 1.59. The highest BCUT2D eigenvalue weighted by Crippen LogP contribution is 2.32. The zero-order valence-electron chi connectivity index (χ0n) is 6.25. The van der Waals surface area contributed by atoms with Crippen LogP contribution >= 0.6 is 27.3 Å². The summed E-state index contributed by atoms with van der Waals surface area (Å²) in [4.78, 5) is 1.02. The highest BCUT2D eigenvalue weighted by Gasteiger charge is 2.22. The van der Waals surface area contributed by atoms with Gasteiger partial charge in [-0.05, 0) is 26.8 Å². The summed E-state index contributed by atoms with van der Waals surface area (Å²) in [6, 6.07) is 1.87. The van der Waals surface area contributed by atoms with Gasteiger partial charge in [-0.2, -0.15) is 11.3 Å². The van der Waals surface area contributed by atoms with Gasteiger partial charge in [-0.15, -0.1) is 0 Å². The number of hydrogen-bond acceptors (Lipinski definition) is 3. The Hall–Kier alpha value is 0.165. The topological polar surface area (TPSA) is 18.5 Å². The summed E-state index contributed by atoms with van der Waals surface area (Å²) in [5.74, 6) is 0. The van der Waals surface area contributed by atoms with E-state index in [0.29, 0.717) is 13.2 Å². The van der Waals surface area contributed by atoms with Gasteiger partial charge in [0.1, 0.15) is 7.85 Å². The van der Waals surface area contributed by atoms with Crippen LogP contribution in [0, 0.1) is 0 Å². The van der Waals surface area contributed by atoms with E-state index in [-0.39, 0.29) is 6.29 Å². The minimum atomic E-state index is -0.221. The third-order valence-corrected chi connectivity index (χ3v) is 3.47. The lowest BCUT2D eigenvalue weighted by Crippen LogP contribution is -1.95. The maximum atomic E-state index is 5.62. The number of rotatable bonds is 1. The number of thiophene rings is 1. The Morgan fingerprint density at radius 2 is 2.17 bits per heavy atom. The van der Waals surface area contributed by atoms with Crippen LogP contribution in [-0.4, -0.2) is 21.1 Å². The fraction of sp³-hybridized carbons (Fsp3) is 0.429. The lowest BCUT2D eigenvalue weighted by Gasteiger charge is -2.06. The van der Waals surface area contributed by atoms with E-state index in [1.54, 1.807) is 0 Å². The maximum Gasteiger partial charge on any atom is 0.194 e. The minimum absolute atomic E-state index is 0.221. The van der Waals surface area contributed by atoms with Crippen LogP contribution in [0.25, 0.3) is 0 Å². The fourth-order valence-corrected chi connectivity index (χ4v) is 2.72. The molecule has 1 aromatic heterocycles. The van der Waals surface area contributed by atoms with E-state index in [4.69, 9.17) is 17.3 Å². The first kappa shape index (κ1) is 8.75. The van der Waals surface area contributed by atoms with Crippen molar-refractivity contribution in [2.75, 3.05) is 13.2 Å². The van der Waals surface area contributed by atoms with Gasteiger partial charge in [0.05, 0.1) is 18.1 Å². The molecule has 1 aromatic rings. The van der Waals surface area contributed by atoms with Gasteiger partial charge in [-0.1, -0.05) is 0 Å². The molecule has 2 rings (SSSR count). The predicted molar refractivity (Wildman–Crippen MR) is 52.1 cm³/mol. The monoisotopic (exact) mass is 244 g/mol. The minimum Gasteiger partial charge on any atom is -0.345 e. The zero-order chi connectivity index (χ0) is 8.55. The lowest BCUT2D eigenvalue weighted by atomic mass is 10.1. The van der Waals surface area contributed by atoms with Crippen molar-refractivity contribution in [2.45, 2.75) is 6.29 Å². The summed E-state index contributed by atoms with van der Waals surface area (Å²) in [6.07, 6.45) is -0.221. The van der Waals surface area contributed by atoms with Crippen molar-refractivity contribution >= 4 is 39.9 Å². The van der Waals surface area contributed by atoms with E-state index < -0.39 is 0 Å². The van der Waals surface area contributed by atoms with Crippen LogP contribution in [0.3, 0.4) is 0 Å². The van der Waals surface area contributed by atoms with Gasteiger partial charge in [0.25, 0.3) is 0 Å². The van der Waals surface area contributed by atoms with Gasteiger partial charge in [-0.3, -0.25) is 0 Å². The first-order valence-corrected chi connectivity index (χ1v) is 5.16. The average molecular weight is 245 g/mol. The number of halogens is 1. The summed E-state index contributed by atoms with van der Waals surface area (Å²) in [6.45, 7) is 1.32. The second kappa shape index (κ2) is 3.50. The molecule has 62 valence electrons. The fourth-order valence-electron chi connectivity index (χ4n) is 1.07. The van der Waals surface area contributed by atoms with Crippen molar-refractivity contribution in [3.8, 4) is 0 Å². The predicted octanol–water partition coefficient (Wildman–Crippen LogP) is 1.35. The molecule has 1 aliphatic heterocycles.